The van der Waals surface area contributed by atoms with Gasteiger partial charge in [0.1, 0.15) is 0 Å². The number of allylic oxidation sites excluding steroid dienone is 2. The van der Waals surface area contributed by atoms with Crippen molar-refractivity contribution < 1.29 is 0 Å². The average molecular weight is 344 g/mol. The quantitative estimate of drug-likeness (QED) is 0.851. The van der Waals surface area contributed by atoms with Crippen LogP contribution in [0.25, 0.3) is 5.70 Å². The number of hydrogen-bond acceptors (Lipinski definition) is 2. The number of alkyl halides is 2. The first-order valence-corrected chi connectivity index (χ1v) is 7.24. The van der Waals surface area contributed by atoms with Gasteiger partial charge in [0.25, 0.3) is 0 Å². The van der Waals surface area contributed by atoms with E-state index in [0.717, 1.165) is 22.1 Å². The van der Waals surface area contributed by atoms with Gasteiger partial charge in [0.2, 0.25) is 0 Å². The smallest absolute Gasteiger partial charge is 0.0861 e. The molecular formula is C12H12Br2N2. The van der Waals surface area contributed by atoms with Crippen molar-refractivity contribution in [3.05, 3.63) is 48.4 Å². The lowest BCUT2D eigenvalue weighted by molar-refractivity contribution is 0.649. The summed E-state index contributed by atoms with van der Waals surface area (Å²) in [6, 6.07) is 5.92. The lowest BCUT2D eigenvalue weighted by atomic mass is 9.89. The van der Waals surface area contributed by atoms with E-state index in [0.29, 0.717) is 0 Å². The molecule has 1 aliphatic heterocycles. The van der Waals surface area contributed by atoms with Crippen molar-refractivity contribution in [2.75, 3.05) is 10.7 Å². The van der Waals surface area contributed by atoms with Crippen LogP contribution in [0, 0.1) is 5.41 Å². The van der Waals surface area contributed by atoms with Gasteiger partial charge in [0.05, 0.1) is 11.4 Å². The van der Waals surface area contributed by atoms with Gasteiger partial charge in [0.15, 0.2) is 0 Å². The van der Waals surface area contributed by atoms with E-state index >= 15 is 0 Å². The normalized spacial score (nSPS) is 17.8. The Bertz CT molecular complexity index is 408. The number of hydrogen-bond donors (Lipinski definition) is 1. The average Bonchev–Trinajstić information content (AvgIpc) is 2.40. The summed E-state index contributed by atoms with van der Waals surface area (Å²) in [5, 5.41) is 5.01. The predicted octanol–water partition coefficient (Wildman–Crippen LogP) is 3.32. The fourth-order valence-electron chi connectivity index (χ4n) is 1.55. The van der Waals surface area contributed by atoms with Gasteiger partial charge in [-0.3, -0.25) is 4.98 Å². The molecule has 0 bridgehead atoms. The highest BCUT2D eigenvalue weighted by Gasteiger charge is 2.25. The minimum atomic E-state index is 0.0259. The van der Waals surface area contributed by atoms with E-state index in [1.165, 1.54) is 0 Å². The summed E-state index contributed by atoms with van der Waals surface area (Å²) in [6.07, 6.45) is 8.15. The van der Waals surface area contributed by atoms with Crippen LogP contribution < -0.4 is 5.32 Å². The zero-order valence-electron chi connectivity index (χ0n) is 8.66. The number of nitrogens with one attached hydrogen (secondary N) is 1. The molecule has 1 aromatic rings. The maximum absolute atomic E-state index is 4.34. The summed E-state index contributed by atoms with van der Waals surface area (Å²) in [6.45, 7) is 0. The van der Waals surface area contributed by atoms with E-state index in [9.17, 15) is 0 Å². The molecule has 0 aromatic carbocycles. The van der Waals surface area contributed by atoms with Gasteiger partial charge in [-0.1, -0.05) is 44.0 Å². The molecule has 2 nitrogen and oxygen atoms in total. The first kappa shape index (κ1) is 11.9. The van der Waals surface area contributed by atoms with E-state index in [4.69, 9.17) is 0 Å². The van der Waals surface area contributed by atoms with Crippen molar-refractivity contribution in [3.63, 3.8) is 0 Å². The van der Waals surface area contributed by atoms with E-state index in [1.54, 1.807) is 6.20 Å². The third kappa shape index (κ3) is 2.38. The lowest BCUT2D eigenvalue weighted by Crippen LogP contribution is -2.26. The number of dihydropyridines is 1. The Balaban J connectivity index is 2.34. The molecule has 0 spiro atoms. The molecule has 2 rings (SSSR count). The van der Waals surface area contributed by atoms with Gasteiger partial charge < -0.3 is 5.32 Å². The van der Waals surface area contributed by atoms with Gasteiger partial charge in [-0.25, -0.2) is 0 Å². The van der Waals surface area contributed by atoms with Gasteiger partial charge in [-0.15, -0.1) is 0 Å². The van der Waals surface area contributed by atoms with Crippen molar-refractivity contribution in [1.82, 2.24) is 10.3 Å². The Morgan fingerprint density at radius 2 is 2.06 bits per heavy atom. The Morgan fingerprint density at radius 3 is 2.69 bits per heavy atom. The third-order valence-electron chi connectivity index (χ3n) is 2.52. The van der Waals surface area contributed by atoms with Gasteiger partial charge >= 0.3 is 0 Å². The Hall–Kier alpha value is -0.610. The highest BCUT2D eigenvalue weighted by molar-refractivity contribution is 9.09. The molecule has 0 aliphatic carbocycles. The molecule has 0 radical (unpaired) electrons. The molecule has 4 heteroatoms. The maximum atomic E-state index is 4.34. The Labute approximate surface area is 112 Å². The molecule has 2 heterocycles. The molecule has 0 atom stereocenters. The standard InChI is InChI=1S/C12H12Br2N2/c13-8-12(9-14)4-6-16-11(7-12)10-3-1-2-5-15-10/h1-7,16H,8-9H2. The second-order valence-corrected chi connectivity index (χ2v) is 4.87. The van der Waals surface area contributed by atoms with Crippen LogP contribution in [0.4, 0.5) is 0 Å². The summed E-state index contributed by atoms with van der Waals surface area (Å²) in [7, 11) is 0. The molecule has 1 aliphatic rings. The van der Waals surface area contributed by atoms with E-state index in [-0.39, 0.29) is 5.41 Å². The molecule has 16 heavy (non-hydrogen) atoms. The van der Waals surface area contributed by atoms with Gasteiger partial charge in [-0.2, -0.15) is 0 Å². The largest absolute Gasteiger partial charge is 0.360 e. The van der Waals surface area contributed by atoms with Crippen LogP contribution in [-0.4, -0.2) is 15.6 Å². The van der Waals surface area contributed by atoms with Crippen molar-refractivity contribution in [2.24, 2.45) is 5.41 Å². The van der Waals surface area contributed by atoms with Crippen molar-refractivity contribution in [3.8, 4) is 0 Å². The minimum Gasteiger partial charge on any atom is -0.360 e. The number of rotatable bonds is 3. The zero-order valence-corrected chi connectivity index (χ0v) is 11.8. The molecule has 0 amide bonds. The van der Waals surface area contributed by atoms with Crippen LogP contribution in [0.2, 0.25) is 0 Å². The zero-order chi connectivity index (χ0) is 11.4. The Morgan fingerprint density at radius 1 is 1.25 bits per heavy atom. The number of halogens is 2. The van der Waals surface area contributed by atoms with Crippen molar-refractivity contribution >= 4 is 37.6 Å². The maximum Gasteiger partial charge on any atom is 0.0861 e. The first-order valence-electron chi connectivity index (χ1n) is 5.00. The lowest BCUT2D eigenvalue weighted by Gasteiger charge is -2.27. The molecule has 1 N–H and O–H groups in total. The number of nitrogens with zero attached hydrogens (tertiary/aromatic N) is 1. The molecule has 1 aromatic heterocycles. The summed E-state index contributed by atoms with van der Waals surface area (Å²) < 4.78 is 0. The van der Waals surface area contributed by atoms with Crippen LogP contribution in [-0.2, 0) is 0 Å². The molecule has 0 saturated carbocycles. The summed E-state index contributed by atoms with van der Waals surface area (Å²) in [5.74, 6) is 0. The molecule has 84 valence electrons. The van der Waals surface area contributed by atoms with Gasteiger partial charge in [-0.05, 0) is 24.4 Å². The fraction of sp³-hybridized carbons (Fsp3) is 0.250. The third-order valence-corrected chi connectivity index (χ3v) is 4.61. The number of aromatic nitrogens is 1. The first-order chi connectivity index (χ1) is 7.79. The van der Waals surface area contributed by atoms with E-state index < -0.39 is 0 Å². The van der Waals surface area contributed by atoms with Crippen LogP contribution in [0.15, 0.2) is 42.7 Å². The van der Waals surface area contributed by atoms with Crippen LogP contribution >= 0.6 is 31.9 Å². The van der Waals surface area contributed by atoms with Crippen LogP contribution in [0.5, 0.6) is 0 Å². The SMILES string of the molecule is BrCC1(CBr)C=CNC(c2ccccn2)=C1. The summed E-state index contributed by atoms with van der Waals surface area (Å²) >= 11 is 7.11. The molecule has 0 saturated heterocycles. The van der Waals surface area contributed by atoms with Crippen molar-refractivity contribution in [2.45, 2.75) is 0 Å². The highest BCUT2D eigenvalue weighted by atomic mass is 79.9. The topological polar surface area (TPSA) is 24.9 Å². The molecular weight excluding hydrogens is 332 g/mol. The molecule has 0 unspecified atom stereocenters. The predicted molar refractivity (Wildman–Crippen MR) is 74.5 cm³/mol. The van der Waals surface area contributed by atoms with E-state index in [1.807, 2.05) is 24.4 Å². The summed E-state index contributed by atoms with van der Waals surface area (Å²) in [5.41, 5.74) is 2.05. The van der Waals surface area contributed by atoms with E-state index in [2.05, 4.69) is 54.3 Å². The van der Waals surface area contributed by atoms with Crippen molar-refractivity contribution in [1.29, 1.82) is 0 Å². The summed E-state index contributed by atoms with van der Waals surface area (Å²) in [4.78, 5) is 4.34. The fourth-order valence-corrected chi connectivity index (χ4v) is 3.17. The second-order valence-electron chi connectivity index (χ2n) is 3.75. The monoisotopic (exact) mass is 342 g/mol. The Kier molecular flexibility index (Phi) is 3.82. The van der Waals surface area contributed by atoms with Gasteiger partial charge in [0, 0.05) is 22.3 Å². The second kappa shape index (κ2) is 5.15. The minimum absolute atomic E-state index is 0.0259. The van der Waals surface area contributed by atoms with Crippen LogP contribution in [0.3, 0.4) is 0 Å². The highest BCUT2D eigenvalue weighted by Crippen LogP contribution is 2.32. The number of pyridine rings is 1. The molecule has 0 fully saturated rings. The van der Waals surface area contributed by atoms with Crippen LogP contribution in [0.1, 0.15) is 5.69 Å².